The maximum absolute atomic E-state index is 12.9. The molecule has 0 saturated carbocycles. The zero-order valence-corrected chi connectivity index (χ0v) is 24.4. The average Bonchev–Trinajstić information content (AvgIpc) is 3.06. The Labute approximate surface area is 214 Å². The van der Waals surface area contributed by atoms with E-state index < -0.39 is 44.1 Å². The van der Waals surface area contributed by atoms with Crippen molar-refractivity contribution in [3.63, 3.8) is 0 Å². The Morgan fingerprint density at radius 1 is 1.12 bits per heavy atom. The van der Waals surface area contributed by atoms with Crippen molar-refractivity contribution in [3.05, 3.63) is 33.1 Å². The highest BCUT2D eigenvalue weighted by Crippen LogP contribution is 2.39. The Bertz CT molecular complexity index is 990. The van der Waals surface area contributed by atoms with Crippen LogP contribution in [0.5, 0.6) is 0 Å². The molecule has 2 heterocycles. The minimum Gasteiger partial charge on any atom is -0.468 e. The second-order valence-electron chi connectivity index (χ2n) is 9.11. The van der Waals surface area contributed by atoms with Crippen molar-refractivity contribution in [2.45, 2.75) is 63.4 Å². The minimum absolute atomic E-state index is 0.000889. The third kappa shape index (κ3) is 6.70. The Morgan fingerprint density at radius 2 is 1.67 bits per heavy atom. The molecule has 1 saturated heterocycles. The van der Waals surface area contributed by atoms with Crippen LogP contribution in [-0.4, -0.2) is 63.6 Å². The number of rotatable bonds is 6. The van der Waals surface area contributed by atoms with Crippen molar-refractivity contribution in [3.8, 4) is 0 Å². The molecule has 2 rings (SSSR count). The molecule has 1 fully saturated rings. The lowest BCUT2D eigenvalue weighted by molar-refractivity contribution is -0.0504. The molecule has 1 aromatic rings. The van der Waals surface area contributed by atoms with E-state index >= 15 is 0 Å². The van der Waals surface area contributed by atoms with Gasteiger partial charge in [0.1, 0.15) is 6.10 Å². The monoisotopic (exact) mass is 552 g/mol. The zero-order valence-electron chi connectivity index (χ0n) is 20.1. The molecule has 0 N–H and O–H groups in total. The molecule has 0 aliphatic carbocycles. The van der Waals surface area contributed by atoms with E-state index in [-0.39, 0.29) is 16.0 Å². The van der Waals surface area contributed by atoms with Crippen molar-refractivity contribution in [1.82, 2.24) is 9.13 Å². The van der Waals surface area contributed by atoms with Crippen LogP contribution >= 0.6 is 48.0 Å². The van der Waals surface area contributed by atoms with Gasteiger partial charge in [0, 0.05) is 19.3 Å². The third-order valence-corrected chi connectivity index (χ3v) is 12.5. The van der Waals surface area contributed by atoms with Crippen LogP contribution in [0.15, 0.2) is 21.9 Å². The first-order chi connectivity index (χ1) is 15.2. The van der Waals surface area contributed by atoms with Gasteiger partial charge in [0.25, 0.3) is 5.56 Å². The van der Waals surface area contributed by atoms with Gasteiger partial charge in [-0.15, -0.1) is 0 Å². The Hall–Kier alpha value is -0.703. The quantitative estimate of drug-likeness (QED) is 0.386. The zero-order chi connectivity index (χ0) is 25.1. The van der Waals surface area contributed by atoms with Gasteiger partial charge < -0.3 is 18.6 Å². The second kappa shape index (κ2) is 11.4. The van der Waals surface area contributed by atoms with Gasteiger partial charge in [0.15, 0.2) is 26.8 Å². The summed E-state index contributed by atoms with van der Waals surface area (Å²) in [4.78, 5) is 24.8. The number of thiocarbonyl (C=S) groups is 2. The number of hydrogen-bond acceptors (Lipinski definition) is 10. The van der Waals surface area contributed by atoms with Crippen molar-refractivity contribution in [1.29, 1.82) is 0 Å². The summed E-state index contributed by atoms with van der Waals surface area (Å²) in [5, 5.41) is 0.000889. The van der Waals surface area contributed by atoms with Crippen molar-refractivity contribution >= 4 is 65.0 Å². The second-order valence-corrected chi connectivity index (χ2v) is 16.7. The van der Waals surface area contributed by atoms with E-state index in [9.17, 15) is 9.59 Å². The Balaban J connectivity index is 2.49. The van der Waals surface area contributed by atoms with Crippen LogP contribution in [0.4, 0.5) is 0 Å². The summed E-state index contributed by atoms with van der Waals surface area (Å²) in [5.41, 5.74) is -0.950. The van der Waals surface area contributed by atoms with Gasteiger partial charge in [0.2, 0.25) is 8.77 Å². The molecule has 13 heteroatoms. The van der Waals surface area contributed by atoms with Crippen molar-refractivity contribution < 1.29 is 18.6 Å². The first kappa shape index (κ1) is 28.5. The summed E-state index contributed by atoms with van der Waals surface area (Å²) in [6.45, 7) is 11.0. The van der Waals surface area contributed by atoms with Gasteiger partial charge in [-0.2, -0.15) is 0 Å². The first-order valence-corrected chi connectivity index (χ1v) is 16.5. The highest BCUT2D eigenvalue weighted by Gasteiger charge is 2.51. The summed E-state index contributed by atoms with van der Waals surface area (Å²) in [6.07, 6.45) is 2.09. The number of ether oxygens (including phenoxy) is 3. The normalized spacial score (nSPS) is 23.4. The molecule has 0 unspecified atom stereocenters. The van der Waals surface area contributed by atoms with Crippen molar-refractivity contribution in [2.24, 2.45) is 7.05 Å². The van der Waals surface area contributed by atoms with Gasteiger partial charge in [0.05, 0.1) is 6.61 Å². The predicted octanol–water partition coefficient (Wildman–Crippen LogP) is 3.53. The number of hydrogen-bond donors (Lipinski definition) is 0. The smallest absolute Gasteiger partial charge is 0.332 e. The molecule has 1 aliphatic heterocycles. The number of aromatic nitrogens is 2. The van der Waals surface area contributed by atoms with E-state index in [1.54, 1.807) is 6.26 Å². The molecule has 33 heavy (non-hydrogen) atoms. The van der Waals surface area contributed by atoms with Gasteiger partial charge in [-0.25, -0.2) is 4.79 Å². The fraction of sp³-hybridized carbons (Fsp3) is 0.700. The minimum atomic E-state index is -2.10. The molecule has 8 nitrogen and oxygen atoms in total. The topological polar surface area (TPSA) is 80.9 Å². The molecule has 0 radical (unpaired) electrons. The Morgan fingerprint density at radius 3 is 2.18 bits per heavy atom. The van der Waals surface area contributed by atoms with E-state index in [1.165, 1.54) is 47.4 Å². The lowest BCUT2D eigenvalue weighted by Crippen LogP contribution is -2.46. The fourth-order valence-electron chi connectivity index (χ4n) is 2.94. The molecule has 0 spiro atoms. The van der Waals surface area contributed by atoms with Crippen LogP contribution in [-0.2, 0) is 25.7 Å². The third-order valence-electron chi connectivity index (χ3n) is 5.99. The number of nitrogens with zero attached hydrogens (tertiary/aromatic N) is 2. The molecule has 1 aliphatic rings. The summed E-state index contributed by atoms with van der Waals surface area (Å²) >= 11 is 13.2. The van der Waals surface area contributed by atoms with E-state index in [4.69, 9.17) is 43.1 Å². The van der Waals surface area contributed by atoms with Crippen LogP contribution in [0, 0.1) is 0 Å². The van der Waals surface area contributed by atoms with Crippen LogP contribution in [0.1, 0.15) is 27.0 Å². The maximum Gasteiger partial charge on any atom is 0.332 e. The summed E-state index contributed by atoms with van der Waals surface area (Å²) in [5.74, 6) is 0. The molecular formula is C20H32N2O6S4Si. The lowest BCUT2D eigenvalue weighted by Gasteiger charge is -2.37. The molecule has 186 valence electrons. The SMILES string of the molecule is CSC(=S)O[C@@H]1[C@H](OC(=S)SC)[C@@H](CO[Si](C)(C)C(C)(C)C)O[C@H]1n1ccc(=O)n(C)c1=O. The summed E-state index contributed by atoms with van der Waals surface area (Å²) < 4.78 is 27.7. The summed E-state index contributed by atoms with van der Waals surface area (Å²) in [7, 11) is -0.688. The van der Waals surface area contributed by atoms with Crippen molar-refractivity contribution in [2.75, 3.05) is 19.1 Å². The van der Waals surface area contributed by atoms with Crippen LogP contribution in [0.3, 0.4) is 0 Å². The largest absolute Gasteiger partial charge is 0.468 e. The molecule has 0 aromatic carbocycles. The average molecular weight is 553 g/mol. The standard InChI is InChI=1S/C20H32N2O6S4Si/c1-20(2,3)33(7,8)25-11-12-14(27-18(29)31-5)15(28-19(30)32-6)16(26-12)22-10-9-13(23)21(4)17(22)24/h9-10,12,14-16H,11H2,1-8H3/t12-,14-,15-,16-/m1/s1. The van der Waals surface area contributed by atoms with E-state index in [2.05, 4.69) is 33.9 Å². The van der Waals surface area contributed by atoms with Crippen LogP contribution < -0.4 is 11.2 Å². The molecule has 0 amide bonds. The van der Waals surface area contributed by atoms with Gasteiger partial charge >= 0.3 is 5.69 Å². The Kier molecular flexibility index (Phi) is 9.82. The van der Waals surface area contributed by atoms with E-state index in [1.807, 2.05) is 6.26 Å². The van der Waals surface area contributed by atoms with E-state index in [0.29, 0.717) is 4.38 Å². The van der Waals surface area contributed by atoms with Gasteiger partial charge in [-0.1, -0.05) is 44.3 Å². The predicted molar refractivity (Wildman–Crippen MR) is 145 cm³/mol. The molecule has 4 atom stereocenters. The van der Waals surface area contributed by atoms with Crippen LogP contribution in [0.2, 0.25) is 18.1 Å². The maximum atomic E-state index is 12.9. The lowest BCUT2D eigenvalue weighted by atomic mass is 10.1. The highest BCUT2D eigenvalue weighted by atomic mass is 32.2. The number of thioether (sulfide) groups is 2. The van der Waals surface area contributed by atoms with Gasteiger partial charge in [-0.05, 0) is 55.1 Å². The molecular weight excluding hydrogens is 521 g/mol. The molecule has 0 bridgehead atoms. The fourth-order valence-corrected chi connectivity index (χ4v) is 4.59. The highest BCUT2D eigenvalue weighted by molar-refractivity contribution is 8.22. The van der Waals surface area contributed by atoms with Gasteiger partial charge in [-0.3, -0.25) is 13.9 Å². The van der Waals surface area contributed by atoms with Crippen LogP contribution in [0.25, 0.3) is 0 Å². The first-order valence-electron chi connectivity index (χ1n) is 10.3. The van der Waals surface area contributed by atoms with E-state index in [0.717, 1.165) is 4.57 Å². The molecule has 1 aromatic heterocycles. The summed E-state index contributed by atoms with van der Waals surface area (Å²) in [6, 6.07) is 1.30.